The Bertz CT molecular complexity index is 953. The van der Waals surface area contributed by atoms with Crippen molar-refractivity contribution in [3.8, 4) is 5.75 Å². The maximum Gasteiger partial charge on any atom is 0.316 e. The van der Waals surface area contributed by atoms with E-state index < -0.39 is 8.25 Å². The van der Waals surface area contributed by atoms with E-state index in [0.717, 1.165) is 41.5 Å². The number of aryl methyl sites for hydroxylation is 1. The van der Waals surface area contributed by atoms with Gasteiger partial charge in [-0.3, -0.25) is 9.55 Å². The molecule has 0 radical (unpaired) electrons. The van der Waals surface area contributed by atoms with E-state index in [0.29, 0.717) is 26.1 Å². The van der Waals surface area contributed by atoms with E-state index in [4.69, 9.17) is 14.2 Å². The Morgan fingerprint density at radius 2 is 1.81 bits per heavy atom. The van der Waals surface area contributed by atoms with Crippen molar-refractivity contribution in [1.82, 2.24) is 10.3 Å². The van der Waals surface area contributed by atoms with Gasteiger partial charge in [0, 0.05) is 18.1 Å². The van der Waals surface area contributed by atoms with E-state index in [9.17, 15) is 4.57 Å². The van der Waals surface area contributed by atoms with Gasteiger partial charge in [0.05, 0.1) is 18.7 Å². The lowest BCUT2D eigenvalue weighted by molar-refractivity contribution is 0.276. The Balaban J connectivity index is 1.44. The van der Waals surface area contributed by atoms with Crippen molar-refractivity contribution in [3.63, 3.8) is 0 Å². The van der Waals surface area contributed by atoms with Gasteiger partial charge in [-0.2, -0.15) is 0 Å². The number of ether oxygens (including phenoxy) is 1. The SMILES string of the molecule is O=[PH](O)OCCCNCc1ccc(OCCCCCc2ccccc2)c2cccnc12. The zero-order valence-corrected chi connectivity index (χ0v) is 18.8. The molecule has 1 aromatic heterocycles. The molecule has 2 aromatic carbocycles. The van der Waals surface area contributed by atoms with Crippen LogP contribution in [0.25, 0.3) is 10.9 Å². The minimum atomic E-state index is -2.83. The van der Waals surface area contributed by atoms with E-state index in [1.165, 1.54) is 12.0 Å². The van der Waals surface area contributed by atoms with Crippen molar-refractivity contribution in [2.24, 2.45) is 0 Å². The van der Waals surface area contributed by atoms with Gasteiger partial charge in [-0.15, -0.1) is 0 Å². The Hall–Kier alpha value is -2.24. The third kappa shape index (κ3) is 8.08. The summed E-state index contributed by atoms with van der Waals surface area (Å²) in [4.78, 5) is 13.2. The minimum absolute atomic E-state index is 0.276. The maximum atomic E-state index is 10.5. The second-order valence-electron chi connectivity index (χ2n) is 7.41. The number of fused-ring (bicyclic) bond motifs is 1. The summed E-state index contributed by atoms with van der Waals surface area (Å²) in [6, 6.07) is 18.6. The highest BCUT2D eigenvalue weighted by molar-refractivity contribution is 7.32. The molecule has 0 aliphatic carbocycles. The Morgan fingerprint density at radius 1 is 0.935 bits per heavy atom. The lowest BCUT2D eigenvalue weighted by Crippen LogP contribution is -2.16. The molecule has 1 unspecified atom stereocenters. The second-order valence-corrected chi connectivity index (χ2v) is 8.23. The van der Waals surface area contributed by atoms with Crippen LogP contribution in [0, 0.1) is 0 Å². The number of hydrogen-bond acceptors (Lipinski definition) is 5. The Kier molecular flexibility index (Phi) is 10.00. The van der Waals surface area contributed by atoms with Crippen LogP contribution in [0.1, 0.15) is 36.8 Å². The second kappa shape index (κ2) is 13.2. The van der Waals surface area contributed by atoms with E-state index in [-0.39, 0.29) is 6.61 Å². The molecule has 1 atom stereocenters. The van der Waals surface area contributed by atoms with Crippen molar-refractivity contribution in [2.75, 3.05) is 19.8 Å². The monoisotopic (exact) mass is 442 g/mol. The van der Waals surface area contributed by atoms with Gasteiger partial charge in [-0.1, -0.05) is 36.4 Å². The van der Waals surface area contributed by atoms with Crippen LogP contribution in [0.2, 0.25) is 0 Å². The third-order valence-electron chi connectivity index (χ3n) is 5.06. The van der Waals surface area contributed by atoms with Crippen LogP contribution in [0.15, 0.2) is 60.8 Å². The summed E-state index contributed by atoms with van der Waals surface area (Å²) >= 11 is 0. The van der Waals surface area contributed by atoms with Crippen LogP contribution in [-0.4, -0.2) is 29.6 Å². The molecule has 6 nitrogen and oxygen atoms in total. The summed E-state index contributed by atoms with van der Waals surface area (Å²) in [5.41, 5.74) is 3.43. The predicted molar refractivity (Wildman–Crippen MR) is 125 cm³/mol. The molecule has 31 heavy (non-hydrogen) atoms. The molecule has 0 spiro atoms. The third-order valence-corrected chi connectivity index (χ3v) is 5.51. The lowest BCUT2D eigenvalue weighted by atomic mass is 10.1. The molecular formula is C24H31N2O4P. The number of aromatic nitrogens is 1. The average molecular weight is 442 g/mol. The first kappa shape index (κ1) is 23.4. The standard InChI is InChI=1S/C24H31N2O4P/c27-31(28)30-18-8-15-25-19-21-13-14-23(22-12-7-16-26-24(21)22)29-17-6-2-5-11-20-9-3-1-4-10-20/h1,3-4,7,9-10,12-14,16,25,31H,2,5-6,8,11,15,17-19H2,(H,27,28). The summed E-state index contributed by atoms with van der Waals surface area (Å²) in [6.07, 6.45) is 6.92. The van der Waals surface area contributed by atoms with Gasteiger partial charge in [-0.05, 0) is 68.0 Å². The first-order valence-electron chi connectivity index (χ1n) is 10.8. The molecule has 3 aromatic rings. The maximum absolute atomic E-state index is 10.5. The highest BCUT2D eigenvalue weighted by Crippen LogP contribution is 2.27. The molecule has 3 rings (SSSR count). The highest BCUT2D eigenvalue weighted by Gasteiger charge is 2.08. The number of unbranched alkanes of at least 4 members (excludes halogenated alkanes) is 2. The zero-order chi connectivity index (χ0) is 21.7. The van der Waals surface area contributed by atoms with Crippen molar-refractivity contribution >= 4 is 19.2 Å². The zero-order valence-electron chi connectivity index (χ0n) is 17.8. The van der Waals surface area contributed by atoms with Crippen LogP contribution in [-0.2, 0) is 22.1 Å². The van der Waals surface area contributed by atoms with Gasteiger partial charge < -0.3 is 19.5 Å². The fourth-order valence-corrected chi connectivity index (χ4v) is 3.81. The minimum Gasteiger partial charge on any atom is -0.493 e. The Morgan fingerprint density at radius 3 is 2.65 bits per heavy atom. The normalized spacial score (nSPS) is 12.2. The summed E-state index contributed by atoms with van der Waals surface area (Å²) in [7, 11) is -2.83. The average Bonchev–Trinajstić information content (AvgIpc) is 2.79. The molecule has 0 aliphatic heterocycles. The molecule has 1 heterocycles. The number of nitrogens with one attached hydrogen (secondary N) is 1. The highest BCUT2D eigenvalue weighted by atomic mass is 31.1. The molecule has 0 fully saturated rings. The molecule has 166 valence electrons. The number of nitrogens with zero attached hydrogens (tertiary/aromatic N) is 1. The first-order valence-corrected chi connectivity index (χ1v) is 12.1. The van der Waals surface area contributed by atoms with Gasteiger partial charge in [0.25, 0.3) is 0 Å². The molecule has 0 amide bonds. The number of hydrogen-bond donors (Lipinski definition) is 2. The van der Waals surface area contributed by atoms with Gasteiger partial charge in [0.2, 0.25) is 0 Å². The summed E-state index contributed by atoms with van der Waals surface area (Å²) in [5, 5.41) is 4.36. The molecule has 0 aliphatic rings. The van der Waals surface area contributed by atoms with Crippen LogP contribution in [0.3, 0.4) is 0 Å². The van der Waals surface area contributed by atoms with E-state index >= 15 is 0 Å². The van der Waals surface area contributed by atoms with Gasteiger partial charge in [-0.25, -0.2) is 0 Å². The quantitative estimate of drug-likeness (QED) is 0.273. The fourth-order valence-electron chi connectivity index (χ4n) is 3.49. The van der Waals surface area contributed by atoms with Gasteiger partial charge in [0.1, 0.15) is 5.75 Å². The lowest BCUT2D eigenvalue weighted by Gasteiger charge is -2.12. The largest absolute Gasteiger partial charge is 0.493 e. The van der Waals surface area contributed by atoms with Gasteiger partial charge in [0.15, 0.2) is 0 Å². The summed E-state index contributed by atoms with van der Waals surface area (Å²) in [5.74, 6) is 0.872. The van der Waals surface area contributed by atoms with Gasteiger partial charge >= 0.3 is 8.25 Å². The number of rotatable bonds is 14. The molecule has 0 saturated heterocycles. The van der Waals surface area contributed by atoms with Crippen LogP contribution in [0.5, 0.6) is 5.75 Å². The summed E-state index contributed by atoms with van der Waals surface area (Å²) < 4.78 is 21.3. The number of benzene rings is 2. The molecule has 0 saturated carbocycles. The van der Waals surface area contributed by atoms with E-state index in [1.807, 2.05) is 18.2 Å². The molecular weight excluding hydrogens is 411 g/mol. The number of pyridine rings is 1. The summed E-state index contributed by atoms with van der Waals surface area (Å²) in [6.45, 7) is 2.34. The topological polar surface area (TPSA) is 80.7 Å². The fraction of sp³-hybridized carbons (Fsp3) is 0.375. The molecule has 2 N–H and O–H groups in total. The van der Waals surface area contributed by atoms with Crippen LogP contribution < -0.4 is 10.1 Å². The van der Waals surface area contributed by atoms with Crippen molar-refractivity contribution in [3.05, 3.63) is 71.9 Å². The van der Waals surface area contributed by atoms with E-state index in [2.05, 4.69) is 46.7 Å². The van der Waals surface area contributed by atoms with E-state index in [1.54, 1.807) is 6.20 Å². The van der Waals surface area contributed by atoms with Crippen LogP contribution >= 0.6 is 8.25 Å². The van der Waals surface area contributed by atoms with Crippen molar-refractivity contribution in [2.45, 2.75) is 38.6 Å². The smallest absolute Gasteiger partial charge is 0.316 e. The molecule has 0 bridgehead atoms. The Labute approximate surface area is 184 Å². The van der Waals surface area contributed by atoms with Crippen LogP contribution in [0.4, 0.5) is 0 Å². The van der Waals surface area contributed by atoms with Crippen molar-refractivity contribution in [1.29, 1.82) is 0 Å². The van der Waals surface area contributed by atoms with Crippen molar-refractivity contribution < 1.29 is 18.7 Å². The molecule has 7 heteroatoms. The predicted octanol–water partition coefficient (Wildman–Crippen LogP) is 4.90. The first-order chi connectivity index (χ1) is 15.2.